The molecule has 1 fully saturated rings. The Morgan fingerprint density at radius 1 is 1.36 bits per heavy atom. The van der Waals surface area contributed by atoms with E-state index in [1.54, 1.807) is 5.56 Å². The Labute approximate surface area is 137 Å². The van der Waals surface area contributed by atoms with Crippen LogP contribution in [0.5, 0.6) is 0 Å². The number of aryl methyl sites for hydroxylation is 2. The Balaban J connectivity index is 1.92. The largest absolute Gasteiger partial charge is 0.393 e. The molecule has 3 heterocycles. The molecule has 0 aliphatic carbocycles. The summed E-state index contributed by atoms with van der Waals surface area (Å²) < 4.78 is 2.49. The average Bonchev–Trinajstić information content (AvgIpc) is 2.88. The van der Waals surface area contributed by atoms with Crippen molar-refractivity contribution in [1.29, 1.82) is 0 Å². The van der Waals surface area contributed by atoms with E-state index >= 15 is 0 Å². The third-order valence-corrected chi connectivity index (χ3v) is 5.76. The van der Waals surface area contributed by atoms with E-state index in [-0.39, 0.29) is 0 Å². The quantitative estimate of drug-likeness (QED) is 0.883. The van der Waals surface area contributed by atoms with Crippen molar-refractivity contribution < 1.29 is 0 Å². The van der Waals surface area contributed by atoms with Gasteiger partial charge in [-0.1, -0.05) is 23.8 Å². The molecule has 22 heavy (non-hydrogen) atoms. The summed E-state index contributed by atoms with van der Waals surface area (Å²) in [5.41, 5.74) is 11.5. The van der Waals surface area contributed by atoms with Gasteiger partial charge >= 0.3 is 0 Å². The predicted octanol–water partition coefficient (Wildman–Crippen LogP) is 3.32. The number of rotatable bonds is 3. The molecule has 4 rings (SSSR count). The lowest BCUT2D eigenvalue weighted by Crippen LogP contribution is -2.34. The zero-order chi connectivity index (χ0) is 15.4. The van der Waals surface area contributed by atoms with Gasteiger partial charge in [-0.3, -0.25) is 4.90 Å². The first-order valence-corrected chi connectivity index (χ1v) is 8.59. The lowest BCUT2D eigenvalue weighted by molar-refractivity contribution is 0.222. The highest BCUT2D eigenvalue weighted by molar-refractivity contribution is 7.80. The summed E-state index contributed by atoms with van der Waals surface area (Å²) in [7, 11) is 2.29. The Hall–Kier alpha value is -1.39. The van der Waals surface area contributed by atoms with Gasteiger partial charge in [-0.2, -0.15) is 0 Å². The molecule has 0 saturated carbocycles. The third-order valence-electron chi connectivity index (χ3n) is 5.55. The van der Waals surface area contributed by atoms with Gasteiger partial charge in [0.2, 0.25) is 0 Å². The second-order valence-electron chi connectivity index (χ2n) is 6.87. The van der Waals surface area contributed by atoms with Crippen LogP contribution in [0.25, 0.3) is 10.9 Å². The van der Waals surface area contributed by atoms with Gasteiger partial charge in [-0.25, -0.2) is 0 Å². The monoisotopic (exact) mass is 313 g/mol. The highest BCUT2D eigenvalue weighted by atomic mass is 32.1. The summed E-state index contributed by atoms with van der Waals surface area (Å²) in [5, 5.41) is 1.44. The summed E-state index contributed by atoms with van der Waals surface area (Å²) in [6.07, 6.45) is 4.55. The maximum absolute atomic E-state index is 5.75. The third kappa shape index (κ3) is 2.01. The molecule has 2 atom stereocenters. The molecular weight excluding hydrogens is 290 g/mol. The van der Waals surface area contributed by atoms with Gasteiger partial charge in [0.25, 0.3) is 0 Å². The summed E-state index contributed by atoms with van der Waals surface area (Å²) >= 11 is 5.10. The molecule has 116 valence electrons. The molecule has 0 spiro atoms. The number of fused-ring (bicyclic) bond motifs is 6. The fourth-order valence-electron chi connectivity index (χ4n) is 4.45. The number of aromatic nitrogens is 1. The highest BCUT2D eigenvalue weighted by Crippen LogP contribution is 2.46. The zero-order valence-corrected chi connectivity index (χ0v) is 14.1. The molecule has 3 nitrogen and oxygen atoms in total. The Morgan fingerprint density at radius 3 is 2.95 bits per heavy atom. The number of hydrogen-bond acceptors (Lipinski definition) is 2. The molecule has 4 heteroatoms. The van der Waals surface area contributed by atoms with E-state index in [9.17, 15) is 0 Å². The second kappa shape index (κ2) is 5.07. The second-order valence-corrected chi connectivity index (χ2v) is 7.39. The summed E-state index contributed by atoms with van der Waals surface area (Å²) in [6, 6.07) is 8.14. The van der Waals surface area contributed by atoms with E-state index in [0.717, 1.165) is 19.4 Å². The molecule has 2 aliphatic heterocycles. The number of benzene rings is 1. The van der Waals surface area contributed by atoms with Crippen LogP contribution in [0.2, 0.25) is 0 Å². The van der Waals surface area contributed by atoms with Crippen LogP contribution >= 0.6 is 12.2 Å². The summed E-state index contributed by atoms with van der Waals surface area (Å²) in [4.78, 5) is 3.20. The number of thiocarbonyl (C=S) groups is 1. The fourth-order valence-corrected chi connectivity index (χ4v) is 4.54. The molecule has 0 amide bonds. The van der Waals surface area contributed by atoms with E-state index in [1.807, 2.05) is 0 Å². The maximum atomic E-state index is 5.75. The lowest BCUT2D eigenvalue weighted by Gasteiger charge is -2.32. The van der Waals surface area contributed by atoms with Crippen LogP contribution < -0.4 is 5.73 Å². The first kappa shape index (κ1) is 14.2. The van der Waals surface area contributed by atoms with Crippen LogP contribution in [-0.4, -0.2) is 27.5 Å². The van der Waals surface area contributed by atoms with Gasteiger partial charge < -0.3 is 10.3 Å². The van der Waals surface area contributed by atoms with Crippen LogP contribution in [0.4, 0.5) is 0 Å². The predicted molar refractivity (Wildman–Crippen MR) is 95.3 cm³/mol. The Bertz CT molecular complexity index is 761. The Morgan fingerprint density at radius 2 is 2.18 bits per heavy atom. The topological polar surface area (TPSA) is 34.2 Å². The van der Waals surface area contributed by atoms with Gasteiger partial charge in [0, 0.05) is 48.1 Å². The van der Waals surface area contributed by atoms with E-state index < -0.39 is 0 Å². The molecule has 1 aromatic heterocycles. The lowest BCUT2D eigenvalue weighted by atomic mass is 9.97. The number of nitrogens with two attached hydrogens (primary N) is 1. The fraction of sp³-hybridized carbons (Fsp3) is 0.500. The minimum absolute atomic E-state index is 0.587. The van der Waals surface area contributed by atoms with Crippen molar-refractivity contribution in [2.24, 2.45) is 5.73 Å². The van der Waals surface area contributed by atoms with Gasteiger partial charge in [0.15, 0.2) is 0 Å². The van der Waals surface area contributed by atoms with Crippen LogP contribution in [0.1, 0.15) is 42.1 Å². The standard InChI is InChI=1S/C18H23N3S/c1-11-3-5-14-13(9-11)18-15-6-4-12(20(15)2)10-16(18)21(14)8-7-17(19)22/h3,5,9,12,15H,4,6-8,10H2,1-2H3,(H2,19,22). The van der Waals surface area contributed by atoms with E-state index in [2.05, 4.69) is 41.6 Å². The molecule has 1 aromatic carbocycles. The summed E-state index contributed by atoms with van der Waals surface area (Å²) in [6.45, 7) is 3.09. The van der Waals surface area contributed by atoms with Gasteiger partial charge in [-0.15, -0.1) is 0 Å². The zero-order valence-electron chi connectivity index (χ0n) is 13.3. The van der Waals surface area contributed by atoms with Crippen molar-refractivity contribution >= 4 is 28.1 Å². The SMILES string of the molecule is Cc1ccc2c(c1)c1c(n2CCC(N)=S)CC2CCC1N2C. The normalized spacial score (nSPS) is 23.9. The van der Waals surface area contributed by atoms with Crippen LogP contribution in [0.15, 0.2) is 18.2 Å². The van der Waals surface area contributed by atoms with Crippen LogP contribution in [-0.2, 0) is 13.0 Å². The van der Waals surface area contributed by atoms with Gasteiger partial charge in [0.1, 0.15) is 0 Å². The molecule has 2 unspecified atom stereocenters. The van der Waals surface area contributed by atoms with E-state index in [0.29, 0.717) is 17.1 Å². The smallest absolute Gasteiger partial charge is 0.0745 e. The van der Waals surface area contributed by atoms with E-state index in [1.165, 1.54) is 35.0 Å². The first-order valence-electron chi connectivity index (χ1n) is 8.18. The molecule has 2 bridgehead atoms. The number of likely N-dealkylation sites (N-methyl/N-ethyl adjacent to an activating group) is 1. The van der Waals surface area contributed by atoms with Crippen molar-refractivity contribution in [3.05, 3.63) is 35.0 Å². The average molecular weight is 313 g/mol. The minimum atomic E-state index is 0.587. The molecule has 2 aromatic rings. The molecule has 1 saturated heterocycles. The van der Waals surface area contributed by atoms with Crippen LogP contribution in [0.3, 0.4) is 0 Å². The van der Waals surface area contributed by atoms with Gasteiger partial charge in [0.05, 0.1) is 4.99 Å². The van der Waals surface area contributed by atoms with E-state index in [4.69, 9.17) is 18.0 Å². The van der Waals surface area contributed by atoms with Crippen molar-refractivity contribution in [1.82, 2.24) is 9.47 Å². The maximum Gasteiger partial charge on any atom is 0.0745 e. The van der Waals surface area contributed by atoms with Crippen LogP contribution in [0, 0.1) is 6.92 Å². The van der Waals surface area contributed by atoms with Gasteiger partial charge in [-0.05, 0) is 44.5 Å². The highest BCUT2D eigenvalue weighted by Gasteiger charge is 2.40. The van der Waals surface area contributed by atoms with Crippen molar-refractivity contribution in [3.8, 4) is 0 Å². The molecule has 0 radical (unpaired) electrons. The molecular formula is C18H23N3S. The molecule has 2 aliphatic rings. The van der Waals surface area contributed by atoms with Crippen molar-refractivity contribution in [2.75, 3.05) is 7.05 Å². The Kier molecular flexibility index (Phi) is 3.27. The van der Waals surface area contributed by atoms with Crippen molar-refractivity contribution in [2.45, 2.75) is 51.2 Å². The molecule has 2 N–H and O–H groups in total. The first-order chi connectivity index (χ1) is 10.6. The minimum Gasteiger partial charge on any atom is -0.393 e. The summed E-state index contributed by atoms with van der Waals surface area (Å²) in [5.74, 6) is 0. The van der Waals surface area contributed by atoms with Crippen molar-refractivity contribution in [3.63, 3.8) is 0 Å². The number of nitrogens with zero attached hydrogens (tertiary/aromatic N) is 2. The number of hydrogen-bond donors (Lipinski definition) is 1.